The highest BCUT2D eigenvalue weighted by Gasteiger charge is 2.38. The Bertz CT molecular complexity index is 791. The van der Waals surface area contributed by atoms with Crippen LogP contribution >= 0.6 is 0 Å². The zero-order chi connectivity index (χ0) is 19.7. The number of methoxy groups -OCH3 is 1. The number of hydrogen-bond donors (Lipinski definition) is 2. The molecule has 0 aliphatic carbocycles. The van der Waals surface area contributed by atoms with Gasteiger partial charge in [0.15, 0.2) is 0 Å². The van der Waals surface area contributed by atoms with Crippen molar-refractivity contribution in [3.05, 3.63) is 23.8 Å². The Kier molecular flexibility index (Phi) is 5.79. The van der Waals surface area contributed by atoms with E-state index in [-0.39, 0.29) is 22.6 Å². The molecule has 2 fully saturated rings. The summed E-state index contributed by atoms with van der Waals surface area (Å²) in [5, 5.41) is 3.42. The number of nitrogens with one attached hydrogen (secondary N) is 2. The molecule has 27 heavy (non-hydrogen) atoms. The Morgan fingerprint density at radius 3 is 2.52 bits per heavy atom. The number of ether oxygens (including phenoxy) is 1. The van der Waals surface area contributed by atoms with Gasteiger partial charge in [-0.25, -0.2) is 13.1 Å². The molecule has 2 N–H and O–H groups in total. The number of carbonyl (C=O) groups excluding carboxylic acids is 1. The van der Waals surface area contributed by atoms with Gasteiger partial charge in [-0.2, -0.15) is 0 Å². The van der Waals surface area contributed by atoms with Gasteiger partial charge in [-0.1, -0.05) is 0 Å². The van der Waals surface area contributed by atoms with E-state index in [1.165, 1.54) is 19.6 Å². The average Bonchev–Trinajstić information content (AvgIpc) is 3.08. The number of benzene rings is 1. The first-order valence-electron chi connectivity index (χ1n) is 9.47. The molecule has 1 aromatic rings. The third-order valence-electron chi connectivity index (χ3n) is 5.53. The highest BCUT2D eigenvalue weighted by Crippen LogP contribution is 2.37. The highest BCUT2D eigenvalue weighted by atomic mass is 32.2. The molecule has 2 aliphatic rings. The van der Waals surface area contributed by atoms with Gasteiger partial charge in [0.1, 0.15) is 10.6 Å². The number of piperidine rings is 1. The molecule has 0 radical (unpaired) electrons. The maximum atomic E-state index is 13.0. The van der Waals surface area contributed by atoms with Gasteiger partial charge < -0.3 is 15.0 Å². The summed E-state index contributed by atoms with van der Waals surface area (Å²) < 4.78 is 33.0. The van der Waals surface area contributed by atoms with Gasteiger partial charge in [-0.05, 0) is 63.3 Å². The lowest BCUT2D eigenvalue weighted by molar-refractivity contribution is 0.0607. The standard InChI is InChI=1S/C19H29N3O4S/c1-14(2)21-27(24,25)17-12-15(4-5-16(17)26-3)18(23)22-10-7-19(8-11-22)6-9-20-13-19/h4-5,12,14,20-21H,6-11,13H2,1-3H3. The fourth-order valence-corrected chi connectivity index (χ4v) is 5.43. The maximum absolute atomic E-state index is 13.0. The topological polar surface area (TPSA) is 87.7 Å². The zero-order valence-electron chi connectivity index (χ0n) is 16.2. The van der Waals surface area contributed by atoms with Crippen molar-refractivity contribution in [2.24, 2.45) is 5.41 Å². The van der Waals surface area contributed by atoms with E-state index in [1.54, 1.807) is 26.0 Å². The first-order valence-corrected chi connectivity index (χ1v) is 11.0. The van der Waals surface area contributed by atoms with Gasteiger partial charge in [0.2, 0.25) is 10.0 Å². The molecule has 0 bridgehead atoms. The minimum Gasteiger partial charge on any atom is -0.495 e. The molecule has 1 spiro atoms. The van der Waals surface area contributed by atoms with Gasteiger partial charge in [-0.15, -0.1) is 0 Å². The lowest BCUT2D eigenvalue weighted by Gasteiger charge is -2.39. The second kappa shape index (κ2) is 7.77. The van der Waals surface area contributed by atoms with Crippen molar-refractivity contribution in [3.63, 3.8) is 0 Å². The number of sulfonamides is 1. The third-order valence-corrected chi connectivity index (χ3v) is 7.21. The Balaban J connectivity index is 1.80. The summed E-state index contributed by atoms with van der Waals surface area (Å²) in [5.74, 6) is 0.105. The zero-order valence-corrected chi connectivity index (χ0v) is 17.1. The third kappa shape index (κ3) is 4.28. The first kappa shape index (κ1) is 20.1. The van der Waals surface area contributed by atoms with Crippen LogP contribution in [-0.2, 0) is 10.0 Å². The van der Waals surface area contributed by atoms with Crippen molar-refractivity contribution < 1.29 is 17.9 Å². The molecule has 2 aliphatic heterocycles. The van der Waals surface area contributed by atoms with E-state index in [9.17, 15) is 13.2 Å². The average molecular weight is 396 g/mol. The van der Waals surface area contributed by atoms with Crippen LogP contribution in [0.3, 0.4) is 0 Å². The van der Waals surface area contributed by atoms with Gasteiger partial charge in [-0.3, -0.25) is 4.79 Å². The fraction of sp³-hybridized carbons (Fsp3) is 0.632. The number of nitrogens with zero attached hydrogens (tertiary/aromatic N) is 1. The quantitative estimate of drug-likeness (QED) is 0.791. The smallest absolute Gasteiger partial charge is 0.253 e. The van der Waals surface area contributed by atoms with E-state index in [1.807, 2.05) is 4.90 Å². The van der Waals surface area contributed by atoms with Gasteiger partial charge in [0, 0.05) is 31.2 Å². The Morgan fingerprint density at radius 1 is 1.26 bits per heavy atom. The molecule has 2 saturated heterocycles. The van der Waals surface area contributed by atoms with Crippen molar-refractivity contribution >= 4 is 15.9 Å². The highest BCUT2D eigenvalue weighted by molar-refractivity contribution is 7.89. The van der Waals surface area contributed by atoms with E-state index >= 15 is 0 Å². The summed E-state index contributed by atoms with van der Waals surface area (Å²) in [4.78, 5) is 14.8. The SMILES string of the molecule is COc1ccc(C(=O)N2CCC3(CCNC3)CC2)cc1S(=O)(=O)NC(C)C. The molecule has 1 amide bonds. The van der Waals surface area contributed by atoms with E-state index < -0.39 is 10.0 Å². The molecule has 0 aromatic heterocycles. The Morgan fingerprint density at radius 2 is 1.96 bits per heavy atom. The van der Waals surface area contributed by atoms with Crippen LogP contribution in [0.4, 0.5) is 0 Å². The second-order valence-electron chi connectivity index (χ2n) is 7.86. The van der Waals surface area contributed by atoms with Gasteiger partial charge in [0.25, 0.3) is 5.91 Å². The lowest BCUT2D eigenvalue weighted by atomic mass is 9.78. The largest absolute Gasteiger partial charge is 0.495 e. The first-order chi connectivity index (χ1) is 12.8. The van der Waals surface area contributed by atoms with Crippen LogP contribution in [0.2, 0.25) is 0 Å². The van der Waals surface area contributed by atoms with Crippen molar-refractivity contribution in [3.8, 4) is 5.75 Å². The summed E-state index contributed by atoms with van der Waals surface area (Å²) >= 11 is 0. The minimum absolute atomic E-state index is 0.00183. The van der Waals surface area contributed by atoms with Crippen LogP contribution in [0.5, 0.6) is 5.75 Å². The summed E-state index contributed by atoms with van der Waals surface area (Å²) in [7, 11) is -2.34. The van der Waals surface area contributed by atoms with Crippen molar-refractivity contribution in [2.45, 2.75) is 44.0 Å². The Labute approximate surface area is 161 Å². The summed E-state index contributed by atoms with van der Waals surface area (Å²) in [6.45, 7) is 7.00. The Hall–Kier alpha value is -1.64. The van der Waals surface area contributed by atoms with Gasteiger partial charge in [0.05, 0.1) is 7.11 Å². The lowest BCUT2D eigenvalue weighted by Crippen LogP contribution is -2.44. The predicted molar refractivity (Wildman–Crippen MR) is 104 cm³/mol. The van der Waals surface area contributed by atoms with Crippen LogP contribution in [0.25, 0.3) is 0 Å². The van der Waals surface area contributed by atoms with Crippen LogP contribution in [0.1, 0.15) is 43.5 Å². The molecule has 0 atom stereocenters. The number of rotatable bonds is 5. The molecule has 150 valence electrons. The second-order valence-corrected chi connectivity index (χ2v) is 9.54. The van der Waals surface area contributed by atoms with Crippen molar-refractivity contribution in [2.75, 3.05) is 33.3 Å². The minimum atomic E-state index is -3.76. The predicted octanol–water partition coefficient (Wildman–Crippen LogP) is 1.60. The van der Waals surface area contributed by atoms with E-state index in [0.29, 0.717) is 24.1 Å². The van der Waals surface area contributed by atoms with Gasteiger partial charge >= 0.3 is 0 Å². The molecular weight excluding hydrogens is 366 g/mol. The van der Waals surface area contributed by atoms with E-state index in [4.69, 9.17) is 4.74 Å². The monoisotopic (exact) mass is 395 g/mol. The molecule has 0 unspecified atom stereocenters. The number of amides is 1. The summed E-state index contributed by atoms with van der Waals surface area (Å²) in [6.07, 6.45) is 3.14. The molecule has 1 aromatic carbocycles. The summed E-state index contributed by atoms with van der Waals surface area (Å²) in [5.41, 5.74) is 0.701. The molecule has 0 saturated carbocycles. The van der Waals surface area contributed by atoms with Crippen LogP contribution in [0.15, 0.2) is 23.1 Å². The molecule has 7 nitrogen and oxygen atoms in total. The fourth-order valence-electron chi connectivity index (χ4n) is 3.98. The van der Waals surface area contributed by atoms with E-state index in [0.717, 1.165) is 25.9 Å². The number of hydrogen-bond acceptors (Lipinski definition) is 5. The maximum Gasteiger partial charge on any atom is 0.253 e. The van der Waals surface area contributed by atoms with Crippen LogP contribution < -0.4 is 14.8 Å². The van der Waals surface area contributed by atoms with Crippen LogP contribution in [0, 0.1) is 5.41 Å². The van der Waals surface area contributed by atoms with Crippen LogP contribution in [-0.4, -0.2) is 58.6 Å². The molecule has 3 rings (SSSR count). The normalized spacial score (nSPS) is 19.6. The van der Waals surface area contributed by atoms with Crippen molar-refractivity contribution in [1.82, 2.24) is 14.9 Å². The number of likely N-dealkylation sites (tertiary alicyclic amines) is 1. The summed E-state index contributed by atoms with van der Waals surface area (Å²) in [6, 6.07) is 4.36. The molecular formula is C19H29N3O4S. The van der Waals surface area contributed by atoms with Crippen molar-refractivity contribution in [1.29, 1.82) is 0 Å². The molecule has 2 heterocycles. The van der Waals surface area contributed by atoms with E-state index in [2.05, 4.69) is 10.0 Å². The molecule has 8 heteroatoms. The number of carbonyl (C=O) groups is 1.